The Morgan fingerprint density at radius 3 is 2.16 bits per heavy atom. The van der Waals surface area contributed by atoms with Crippen LogP contribution in [0.25, 0.3) is 5.52 Å². The van der Waals surface area contributed by atoms with Gasteiger partial charge in [-0.25, -0.2) is 14.1 Å². The van der Waals surface area contributed by atoms with Gasteiger partial charge in [-0.15, -0.1) is 0 Å². The van der Waals surface area contributed by atoms with Crippen LogP contribution in [0.15, 0.2) is 36.7 Å². The number of methoxy groups -OCH3 is 2. The first-order valence-electron chi connectivity index (χ1n) is 20.9. The van der Waals surface area contributed by atoms with Gasteiger partial charge in [0, 0.05) is 19.3 Å². The summed E-state index contributed by atoms with van der Waals surface area (Å²) in [7, 11) is -2.10. The summed E-state index contributed by atoms with van der Waals surface area (Å²) in [6.07, 6.45) is 17.6. The number of hydrogen-bond acceptors (Lipinski definition) is 13. The van der Waals surface area contributed by atoms with Gasteiger partial charge in [-0.05, 0) is 37.6 Å². The fourth-order valence-electron chi connectivity index (χ4n) is 7.43. The number of fused-ring (bicyclic) bond motifs is 1. The van der Waals surface area contributed by atoms with E-state index in [1.54, 1.807) is 24.3 Å². The van der Waals surface area contributed by atoms with Crippen molar-refractivity contribution in [1.29, 1.82) is 5.26 Å². The van der Waals surface area contributed by atoms with E-state index in [1.807, 2.05) is 0 Å². The Bertz CT molecular complexity index is 1770. The molecular formula is C42H66N5O10P. The fraction of sp³-hybridized carbons (Fsp3) is 0.690. The Labute approximate surface area is 343 Å². The van der Waals surface area contributed by atoms with Crippen LogP contribution in [0.2, 0.25) is 0 Å². The maximum atomic E-state index is 13.4. The number of unbranched alkanes of at least 4 members (excludes halogenated alkanes) is 15. The van der Waals surface area contributed by atoms with Crippen molar-refractivity contribution in [3.05, 3.63) is 53.5 Å². The van der Waals surface area contributed by atoms with Crippen LogP contribution in [0, 0.1) is 11.3 Å². The van der Waals surface area contributed by atoms with Gasteiger partial charge in [-0.1, -0.05) is 109 Å². The van der Waals surface area contributed by atoms with E-state index in [-0.39, 0.29) is 24.7 Å². The second-order valence-corrected chi connectivity index (χ2v) is 16.8. The summed E-state index contributed by atoms with van der Waals surface area (Å²) in [5, 5.41) is 36.5. The molecule has 0 bridgehead atoms. The van der Waals surface area contributed by atoms with E-state index < -0.39 is 43.9 Å². The van der Waals surface area contributed by atoms with Crippen LogP contribution < -0.4 is 10.5 Å². The molecule has 2 unspecified atom stereocenters. The molecule has 0 spiro atoms. The number of aromatic nitrogens is 3. The summed E-state index contributed by atoms with van der Waals surface area (Å²) < 4.78 is 48.6. The molecule has 1 aliphatic rings. The zero-order valence-electron chi connectivity index (χ0n) is 34.9. The summed E-state index contributed by atoms with van der Waals surface area (Å²) in [5.41, 5.74) is 3.79. The van der Waals surface area contributed by atoms with Gasteiger partial charge in [0.25, 0.3) is 0 Å². The Morgan fingerprint density at radius 2 is 1.57 bits per heavy atom. The Hall–Kier alpha value is -3.16. The Morgan fingerprint density at radius 1 is 0.948 bits per heavy atom. The van der Waals surface area contributed by atoms with Crippen LogP contribution in [-0.4, -0.2) is 87.2 Å². The summed E-state index contributed by atoms with van der Waals surface area (Å²) in [6.45, 7) is 3.89. The molecule has 1 saturated carbocycles. The third kappa shape index (κ3) is 12.9. The van der Waals surface area contributed by atoms with Crippen molar-refractivity contribution in [1.82, 2.24) is 14.6 Å². The van der Waals surface area contributed by atoms with E-state index in [9.17, 15) is 24.9 Å². The third-order valence-corrected chi connectivity index (χ3v) is 12.2. The molecule has 0 amide bonds. The zero-order valence-corrected chi connectivity index (χ0v) is 35.7. The molecule has 6 atom stereocenters. The lowest BCUT2D eigenvalue weighted by Gasteiger charge is -2.22. The number of nitriles is 1. The first-order valence-corrected chi connectivity index (χ1v) is 22.4. The second kappa shape index (κ2) is 23.6. The highest BCUT2D eigenvalue weighted by atomic mass is 31.2. The van der Waals surface area contributed by atoms with Gasteiger partial charge in [0.1, 0.15) is 41.5 Å². The van der Waals surface area contributed by atoms with Crippen LogP contribution in [0.4, 0.5) is 5.82 Å². The number of phosphoric ester groups is 1. The Kier molecular flexibility index (Phi) is 19.3. The topological polar surface area (TPSA) is 213 Å². The number of rotatable bonds is 31. The minimum Gasteiger partial charge on any atom is -0.496 e. The molecule has 16 heteroatoms. The highest BCUT2D eigenvalue weighted by Gasteiger charge is 2.81. The summed E-state index contributed by atoms with van der Waals surface area (Å²) in [6, 6.07) is 10.1. The van der Waals surface area contributed by atoms with Crippen LogP contribution in [0.1, 0.15) is 140 Å². The lowest BCUT2D eigenvalue weighted by molar-refractivity contribution is -0.0760. The average molecular weight is 832 g/mol. The number of aliphatic hydroxyl groups is 2. The van der Waals surface area contributed by atoms with Crippen molar-refractivity contribution in [2.45, 2.75) is 153 Å². The van der Waals surface area contributed by atoms with Gasteiger partial charge < -0.3 is 39.8 Å². The van der Waals surface area contributed by atoms with Crippen molar-refractivity contribution in [2.24, 2.45) is 0 Å². The monoisotopic (exact) mass is 831 g/mol. The first kappa shape index (κ1) is 47.5. The van der Waals surface area contributed by atoms with E-state index in [4.69, 9.17) is 33.7 Å². The van der Waals surface area contributed by atoms with E-state index in [2.05, 4.69) is 23.1 Å². The Balaban J connectivity index is 1.24. The second-order valence-electron chi connectivity index (χ2n) is 15.4. The first-order chi connectivity index (χ1) is 28.0. The molecule has 1 fully saturated rings. The molecule has 3 aromatic rings. The normalized spacial score (nSPS) is 21.1. The maximum absolute atomic E-state index is 13.4. The summed E-state index contributed by atoms with van der Waals surface area (Å²) >= 11 is 0. The minimum absolute atomic E-state index is 0.0392. The molecule has 2 heterocycles. The molecule has 5 N–H and O–H groups in total. The summed E-state index contributed by atoms with van der Waals surface area (Å²) in [4.78, 5) is 14.8. The van der Waals surface area contributed by atoms with Crippen molar-refractivity contribution in [3.63, 3.8) is 0 Å². The molecule has 1 aromatic carbocycles. The van der Waals surface area contributed by atoms with Crippen molar-refractivity contribution >= 4 is 19.2 Å². The third-order valence-electron chi connectivity index (χ3n) is 11.2. The van der Waals surface area contributed by atoms with Gasteiger partial charge in [0.15, 0.2) is 11.4 Å². The minimum atomic E-state index is -4.89. The van der Waals surface area contributed by atoms with E-state index >= 15 is 0 Å². The van der Waals surface area contributed by atoms with Gasteiger partial charge in [-0.3, -0.25) is 9.05 Å². The zero-order chi connectivity index (χ0) is 42.0. The molecule has 0 saturated heterocycles. The molecule has 0 aliphatic heterocycles. The molecule has 1 aliphatic carbocycles. The highest BCUT2D eigenvalue weighted by Crippen LogP contribution is 2.64. The smallest absolute Gasteiger partial charge is 0.472 e. The molecule has 324 valence electrons. The molecule has 0 radical (unpaired) electrons. The van der Waals surface area contributed by atoms with E-state index in [1.165, 1.54) is 122 Å². The van der Waals surface area contributed by atoms with E-state index in [0.717, 1.165) is 19.3 Å². The fourth-order valence-corrected chi connectivity index (χ4v) is 8.47. The number of hydrogen-bond donors (Lipinski definition) is 4. The molecule has 4 rings (SSSR count). The highest BCUT2D eigenvalue weighted by molar-refractivity contribution is 7.47. The number of benzene rings is 1. The van der Waals surface area contributed by atoms with Crippen LogP contribution in [0.3, 0.4) is 0 Å². The standard InChI is InChI=1S/C42H66N5O10P/c1-5-6-7-8-9-10-11-12-13-14-15-16-17-18-19-20-25-54-29-34(55-28-33-22-21-32(27-43)26-37(33)52-3)30-56-58(50,51)57-40-41(2,53-4)42(40,49)38(48)35-23-24-36-39(44)45-31-46-47(35)36/h21-24,26,31,34,38,40,48-49H,5-20,25,28-30H2,1-4H3,(H,50,51)(H2,44,45,46)/t34-,38-,40?,41+,42-/m0/s1. The largest absolute Gasteiger partial charge is 0.496 e. The number of ether oxygens (including phenoxy) is 4. The SMILES string of the molecule is CCCCCCCCCCCCCCCCCCOC[C@@H](COP(=O)(O)OC1[C@@](O)([C@@H](O)c2ccc3c(N)ncnn23)[C@]1(C)OC)OCc1ccc(C#N)cc1OC. The molecule has 58 heavy (non-hydrogen) atoms. The number of nitrogen functional groups attached to an aromatic ring is 1. The van der Waals surface area contributed by atoms with Gasteiger partial charge in [0.05, 0.1) is 44.3 Å². The number of nitrogens with two attached hydrogens (primary N) is 1. The van der Waals surface area contributed by atoms with Gasteiger partial charge in [-0.2, -0.15) is 10.4 Å². The van der Waals surface area contributed by atoms with Gasteiger partial charge >= 0.3 is 7.82 Å². The van der Waals surface area contributed by atoms with Crippen LogP contribution in [-0.2, 0) is 34.4 Å². The number of aliphatic hydroxyl groups excluding tert-OH is 1. The number of anilines is 1. The molecular weight excluding hydrogens is 765 g/mol. The lowest BCUT2D eigenvalue weighted by Crippen LogP contribution is -2.32. The summed E-state index contributed by atoms with van der Waals surface area (Å²) in [5.74, 6) is 0.620. The maximum Gasteiger partial charge on any atom is 0.472 e. The molecule has 15 nitrogen and oxygen atoms in total. The predicted octanol–water partition coefficient (Wildman–Crippen LogP) is 7.74. The number of nitrogens with zero attached hydrogens (tertiary/aromatic N) is 4. The van der Waals surface area contributed by atoms with Crippen molar-refractivity contribution < 1.29 is 47.7 Å². The average Bonchev–Trinajstić information content (AvgIpc) is 3.46. The van der Waals surface area contributed by atoms with Crippen molar-refractivity contribution in [3.8, 4) is 11.8 Å². The van der Waals surface area contributed by atoms with Crippen LogP contribution >= 0.6 is 7.82 Å². The quantitative estimate of drug-likeness (QED) is 0.0361. The predicted molar refractivity (Wildman–Crippen MR) is 220 cm³/mol. The van der Waals surface area contributed by atoms with Gasteiger partial charge in [0.2, 0.25) is 0 Å². The lowest BCUT2D eigenvalue weighted by atomic mass is 10.0. The molecule has 2 aromatic heterocycles. The van der Waals surface area contributed by atoms with Crippen molar-refractivity contribution in [2.75, 3.05) is 39.8 Å². The van der Waals surface area contributed by atoms with Crippen LogP contribution in [0.5, 0.6) is 5.75 Å². The number of phosphoric acid groups is 1. The van der Waals surface area contributed by atoms with E-state index in [0.29, 0.717) is 29.0 Å².